The van der Waals surface area contributed by atoms with Gasteiger partial charge in [0.25, 0.3) is 0 Å². The van der Waals surface area contributed by atoms with E-state index in [0.717, 1.165) is 49.3 Å². The zero-order chi connectivity index (χ0) is 13.1. The molecule has 0 bridgehead atoms. The van der Waals surface area contributed by atoms with Crippen molar-refractivity contribution in [3.8, 4) is 0 Å². The van der Waals surface area contributed by atoms with Gasteiger partial charge in [-0.25, -0.2) is 0 Å². The molecule has 0 unspecified atom stereocenters. The summed E-state index contributed by atoms with van der Waals surface area (Å²) < 4.78 is 0. The lowest BCUT2D eigenvalue weighted by Gasteiger charge is -2.45. The number of nitrogens with one attached hydrogen (secondary N) is 1. The number of aryl methyl sites for hydroxylation is 1. The van der Waals surface area contributed by atoms with Crippen molar-refractivity contribution in [1.82, 2.24) is 4.98 Å². The van der Waals surface area contributed by atoms with E-state index in [9.17, 15) is 9.90 Å². The van der Waals surface area contributed by atoms with Crippen LogP contribution < -0.4 is 5.32 Å². The molecule has 1 spiro atoms. The number of rotatable bonds is 2. The van der Waals surface area contributed by atoms with Gasteiger partial charge in [-0.05, 0) is 56.1 Å². The lowest BCUT2D eigenvalue weighted by molar-refractivity contribution is -0.151. The fourth-order valence-electron chi connectivity index (χ4n) is 3.80. The Kier molecular flexibility index (Phi) is 2.07. The van der Waals surface area contributed by atoms with Gasteiger partial charge in [0.1, 0.15) is 5.41 Å². The van der Waals surface area contributed by atoms with Crippen LogP contribution in [0, 0.1) is 5.41 Å². The van der Waals surface area contributed by atoms with Crippen LogP contribution in [0.25, 0.3) is 0 Å². The number of anilines is 1. The normalized spacial score (nSPS) is 25.1. The fraction of sp³-hybridized carbons (Fsp3) is 0.600. The van der Waals surface area contributed by atoms with E-state index < -0.39 is 11.4 Å². The molecule has 0 radical (unpaired) electrons. The zero-order valence-electron chi connectivity index (χ0n) is 10.9. The first-order valence-electron chi connectivity index (χ1n) is 7.11. The maximum atomic E-state index is 11.7. The Bertz CT molecular complexity index is 555. The number of hydrogen-bond acceptors (Lipinski definition) is 3. The quantitative estimate of drug-likeness (QED) is 0.854. The predicted molar refractivity (Wildman–Crippen MR) is 71.3 cm³/mol. The van der Waals surface area contributed by atoms with Gasteiger partial charge in [-0.15, -0.1) is 0 Å². The summed E-state index contributed by atoms with van der Waals surface area (Å²) in [7, 11) is 0. The van der Waals surface area contributed by atoms with Gasteiger partial charge in [0.05, 0.1) is 17.1 Å². The van der Waals surface area contributed by atoms with Gasteiger partial charge in [0.15, 0.2) is 0 Å². The van der Waals surface area contributed by atoms with E-state index in [-0.39, 0.29) is 0 Å². The first-order valence-corrected chi connectivity index (χ1v) is 7.11. The SMILES string of the molecule is O=C(O)C1(c2ccc3c(n2)CCCN3)CC2(CC2)C1. The highest BCUT2D eigenvalue weighted by Crippen LogP contribution is 2.68. The first-order chi connectivity index (χ1) is 9.14. The molecule has 2 aliphatic carbocycles. The molecule has 2 fully saturated rings. The number of hydrogen-bond donors (Lipinski definition) is 2. The van der Waals surface area contributed by atoms with Gasteiger partial charge >= 0.3 is 5.97 Å². The summed E-state index contributed by atoms with van der Waals surface area (Å²) >= 11 is 0. The summed E-state index contributed by atoms with van der Waals surface area (Å²) in [5.41, 5.74) is 2.55. The van der Waals surface area contributed by atoms with E-state index in [1.54, 1.807) is 0 Å². The lowest BCUT2D eigenvalue weighted by Crippen LogP contribution is -2.49. The number of carbonyl (C=O) groups is 1. The Morgan fingerprint density at radius 3 is 2.79 bits per heavy atom. The van der Waals surface area contributed by atoms with Crippen LogP contribution in [0.5, 0.6) is 0 Å². The predicted octanol–water partition coefficient (Wildman–Crippen LogP) is 2.34. The topological polar surface area (TPSA) is 62.2 Å². The summed E-state index contributed by atoms with van der Waals surface area (Å²) in [4.78, 5) is 16.4. The van der Waals surface area contributed by atoms with Crippen molar-refractivity contribution in [2.45, 2.75) is 43.9 Å². The van der Waals surface area contributed by atoms with E-state index in [4.69, 9.17) is 0 Å². The number of aromatic nitrogens is 1. The van der Waals surface area contributed by atoms with Crippen LogP contribution in [0.15, 0.2) is 12.1 Å². The molecule has 0 amide bonds. The Hall–Kier alpha value is -1.58. The second kappa shape index (κ2) is 3.50. The van der Waals surface area contributed by atoms with Gasteiger partial charge < -0.3 is 10.4 Å². The van der Waals surface area contributed by atoms with Gasteiger partial charge in [-0.3, -0.25) is 9.78 Å². The van der Waals surface area contributed by atoms with Crippen molar-refractivity contribution in [3.63, 3.8) is 0 Å². The minimum atomic E-state index is -0.705. The number of aliphatic carboxylic acids is 1. The molecule has 4 heteroatoms. The first kappa shape index (κ1) is 11.3. The number of pyridine rings is 1. The molecule has 0 saturated heterocycles. The smallest absolute Gasteiger partial charge is 0.315 e. The average Bonchev–Trinajstić information content (AvgIpc) is 3.16. The van der Waals surface area contributed by atoms with Gasteiger partial charge in [0, 0.05) is 6.54 Å². The third-order valence-electron chi connectivity index (χ3n) is 5.09. The number of carboxylic acids is 1. The van der Waals surface area contributed by atoms with E-state index in [0.29, 0.717) is 5.41 Å². The molecule has 2 heterocycles. The van der Waals surface area contributed by atoms with E-state index in [1.807, 2.05) is 12.1 Å². The third-order valence-corrected chi connectivity index (χ3v) is 5.09. The third kappa shape index (κ3) is 1.52. The molecular formula is C15H18N2O2. The summed E-state index contributed by atoms with van der Waals surface area (Å²) in [6.07, 6.45) is 6.01. The second-order valence-electron chi connectivity index (χ2n) is 6.46. The van der Waals surface area contributed by atoms with Crippen molar-refractivity contribution in [2.24, 2.45) is 5.41 Å². The summed E-state index contributed by atoms with van der Waals surface area (Å²) in [5.74, 6) is -0.693. The standard InChI is InChI=1S/C15H18N2O2/c18-13(19)15(8-14(9-15)5-6-14)12-4-3-10-11(17-12)2-1-7-16-10/h3-4,16H,1-2,5-9H2,(H,18,19). The number of fused-ring (bicyclic) bond motifs is 1. The fourth-order valence-corrected chi connectivity index (χ4v) is 3.80. The summed E-state index contributed by atoms with van der Waals surface area (Å²) in [6, 6.07) is 3.93. The Morgan fingerprint density at radius 1 is 1.32 bits per heavy atom. The van der Waals surface area contributed by atoms with Crippen LogP contribution in [0.4, 0.5) is 5.69 Å². The molecule has 0 atom stereocenters. The molecule has 1 aromatic rings. The maximum absolute atomic E-state index is 11.7. The van der Waals surface area contributed by atoms with Gasteiger partial charge in [0.2, 0.25) is 0 Å². The van der Waals surface area contributed by atoms with E-state index in [2.05, 4.69) is 10.3 Å². The molecule has 19 heavy (non-hydrogen) atoms. The van der Waals surface area contributed by atoms with E-state index >= 15 is 0 Å². The van der Waals surface area contributed by atoms with Crippen molar-refractivity contribution < 1.29 is 9.90 Å². The second-order valence-corrected chi connectivity index (χ2v) is 6.46. The van der Waals surface area contributed by atoms with Crippen LogP contribution in [-0.2, 0) is 16.6 Å². The molecule has 4 rings (SSSR count). The maximum Gasteiger partial charge on any atom is 0.315 e. The molecule has 4 nitrogen and oxygen atoms in total. The van der Waals surface area contributed by atoms with Crippen LogP contribution in [-0.4, -0.2) is 22.6 Å². The summed E-state index contributed by atoms with van der Waals surface area (Å²) in [5, 5.41) is 13.0. The minimum absolute atomic E-state index is 0.355. The van der Waals surface area contributed by atoms with Crippen LogP contribution >= 0.6 is 0 Å². The van der Waals surface area contributed by atoms with Gasteiger partial charge in [-0.2, -0.15) is 0 Å². The Morgan fingerprint density at radius 2 is 2.11 bits per heavy atom. The van der Waals surface area contributed by atoms with Crippen LogP contribution in [0.2, 0.25) is 0 Å². The molecule has 100 valence electrons. The minimum Gasteiger partial charge on any atom is -0.481 e. The van der Waals surface area contributed by atoms with Gasteiger partial charge in [-0.1, -0.05) is 0 Å². The highest BCUT2D eigenvalue weighted by atomic mass is 16.4. The number of carboxylic acid groups (broad SMARTS) is 1. The molecular weight excluding hydrogens is 240 g/mol. The molecule has 1 aliphatic heterocycles. The average molecular weight is 258 g/mol. The highest BCUT2D eigenvalue weighted by Gasteiger charge is 2.65. The monoisotopic (exact) mass is 258 g/mol. The van der Waals surface area contributed by atoms with Crippen LogP contribution in [0.3, 0.4) is 0 Å². The highest BCUT2D eigenvalue weighted by molar-refractivity contribution is 5.83. The molecule has 2 saturated carbocycles. The number of nitrogens with zero attached hydrogens (tertiary/aromatic N) is 1. The molecule has 1 aromatic heterocycles. The Balaban J connectivity index is 1.72. The van der Waals surface area contributed by atoms with Crippen molar-refractivity contribution in [1.29, 1.82) is 0 Å². The molecule has 3 aliphatic rings. The lowest BCUT2D eigenvalue weighted by atomic mass is 9.57. The van der Waals surface area contributed by atoms with E-state index in [1.165, 1.54) is 12.8 Å². The summed E-state index contributed by atoms with van der Waals surface area (Å²) in [6.45, 7) is 0.987. The molecule has 2 N–H and O–H groups in total. The Labute approximate surface area is 112 Å². The van der Waals surface area contributed by atoms with Crippen molar-refractivity contribution >= 4 is 11.7 Å². The van der Waals surface area contributed by atoms with Crippen molar-refractivity contribution in [2.75, 3.05) is 11.9 Å². The van der Waals surface area contributed by atoms with Crippen molar-refractivity contribution in [3.05, 3.63) is 23.5 Å². The largest absolute Gasteiger partial charge is 0.481 e. The zero-order valence-corrected chi connectivity index (χ0v) is 10.9. The molecule has 0 aromatic carbocycles. The van der Waals surface area contributed by atoms with Crippen LogP contribution in [0.1, 0.15) is 43.5 Å².